The molecule has 5 heterocycles. The third kappa shape index (κ3) is 4.26. The molecule has 5 rings (SSSR count). The fourth-order valence-electron chi connectivity index (χ4n) is 3.78. The Morgan fingerprint density at radius 2 is 1.83 bits per heavy atom. The molecule has 0 aromatic carbocycles. The van der Waals surface area contributed by atoms with Crippen LogP contribution in [-0.4, -0.2) is 89.2 Å². The fourth-order valence-corrected chi connectivity index (χ4v) is 3.78. The van der Waals surface area contributed by atoms with Crippen molar-refractivity contribution in [3.05, 3.63) is 40.2 Å². The number of nitrogens with zero attached hydrogens (tertiary/aromatic N) is 4. The minimum atomic E-state index is -3.71. The first kappa shape index (κ1) is 25.0. The number of aromatic nitrogens is 4. The third-order valence-electron chi connectivity index (χ3n) is 5.58. The van der Waals surface area contributed by atoms with Gasteiger partial charge in [0.05, 0.1) is 19.4 Å². The van der Waals surface area contributed by atoms with Crippen molar-refractivity contribution in [2.75, 3.05) is 18.9 Å². The van der Waals surface area contributed by atoms with Crippen molar-refractivity contribution in [1.29, 1.82) is 5.41 Å². The highest BCUT2D eigenvalue weighted by molar-refractivity contribution is 5.23. The number of nitrogens with one attached hydrogen (secondary N) is 1. The second kappa shape index (κ2) is 9.17. The highest BCUT2D eigenvalue weighted by atomic mass is 19.3. The van der Waals surface area contributed by atoms with Crippen LogP contribution in [-0.2, 0) is 9.47 Å². The van der Waals surface area contributed by atoms with Gasteiger partial charge in [0.15, 0.2) is 29.7 Å². The van der Waals surface area contributed by atoms with Crippen molar-refractivity contribution in [1.82, 2.24) is 19.1 Å². The van der Waals surface area contributed by atoms with Crippen molar-refractivity contribution >= 4 is 5.82 Å². The molecule has 0 spiro atoms. The molecule has 0 amide bonds. The Kier molecular flexibility index (Phi) is 6.56. The normalized spacial score (nSPS) is 32.4. The molecule has 0 saturated carbocycles. The number of rotatable bonds is 3. The third-order valence-corrected chi connectivity index (χ3v) is 5.58. The molecular formula is C18H21F3N6O8. The lowest BCUT2D eigenvalue weighted by Crippen LogP contribution is -2.41. The lowest BCUT2D eigenvalue weighted by atomic mass is 10.1. The van der Waals surface area contributed by atoms with Crippen LogP contribution in [0.3, 0.4) is 0 Å². The Bertz CT molecular complexity index is 1210. The molecule has 3 aliphatic rings. The maximum atomic E-state index is 13.7. The van der Waals surface area contributed by atoms with Crippen molar-refractivity contribution in [2.45, 2.75) is 48.9 Å². The molecule has 35 heavy (non-hydrogen) atoms. The van der Waals surface area contributed by atoms with Crippen LogP contribution in [0.4, 0.5) is 19.0 Å². The number of halogens is 3. The summed E-state index contributed by atoms with van der Waals surface area (Å²) >= 11 is 0. The topological polar surface area (TPSA) is 211 Å². The van der Waals surface area contributed by atoms with E-state index in [9.17, 15) is 28.2 Å². The van der Waals surface area contributed by atoms with Crippen LogP contribution in [0.1, 0.15) is 12.5 Å². The second-order valence-electron chi connectivity index (χ2n) is 7.82. The number of aliphatic hydroxyl groups excluding tert-OH is 4. The molecule has 17 heteroatoms. The van der Waals surface area contributed by atoms with Gasteiger partial charge in [0.1, 0.15) is 24.1 Å². The maximum absolute atomic E-state index is 13.7. The number of alkyl halides is 2. The van der Waals surface area contributed by atoms with Gasteiger partial charge >= 0.3 is 17.6 Å². The predicted molar refractivity (Wildman–Crippen MR) is 104 cm³/mol. The van der Waals surface area contributed by atoms with E-state index in [0.29, 0.717) is 4.57 Å². The Morgan fingerprint density at radius 1 is 1.14 bits per heavy atom. The summed E-state index contributed by atoms with van der Waals surface area (Å²) in [5, 5.41) is 44.0. The molecule has 2 saturated heterocycles. The summed E-state index contributed by atoms with van der Waals surface area (Å²) in [6, 6.07) is 1.18. The number of nitrogen functional groups attached to an aromatic ring is 1. The quantitative estimate of drug-likeness (QED) is 0.251. The number of hydrogen-bond donors (Lipinski definition) is 6. The summed E-state index contributed by atoms with van der Waals surface area (Å²) in [5.41, 5.74) is 3.69. The zero-order valence-corrected chi connectivity index (χ0v) is 17.6. The number of hydrogen-bond acceptors (Lipinski definition) is 12. The molecule has 192 valence electrons. The van der Waals surface area contributed by atoms with Gasteiger partial charge < -0.3 is 40.4 Å². The van der Waals surface area contributed by atoms with E-state index >= 15 is 0 Å². The van der Waals surface area contributed by atoms with Gasteiger partial charge in [0.2, 0.25) is 6.23 Å². The van der Waals surface area contributed by atoms with E-state index in [-0.39, 0.29) is 18.4 Å². The Hall–Kier alpha value is -3.09. The van der Waals surface area contributed by atoms with Gasteiger partial charge in [0, 0.05) is 6.20 Å². The standard InChI is InChI=1S/C9H11F2N3O4.C9H10FN3O4/c10-9(11)6(16)4(3-15)18-7(9)14-2-1-5(12)13-8(14)17;10-3-1-13-8-6(5(15)4(2-14)16-8)17-9(13)12-7(3)11/h1-2,4,6-7,15-16H,3H2,(H2,12,13,17);1,4-6,8,11,14-15H,2H2/t4-,6-,7-;4-,5-,6+,8-/m11/s1. The summed E-state index contributed by atoms with van der Waals surface area (Å²) in [5.74, 6) is -4.63. The SMILES string of the molecule is N=c1nc2n(cc1F)[C@@H]1O[C@H](CO)[C@@H](O)[C@@H]1O2.Nc1ccn([C@@H]2O[C@H](CO)[C@@H](O)C2(F)F)c(=O)n1. The minimum absolute atomic E-state index is 0.0295. The van der Waals surface area contributed by atoms with E-state index in [1.165, 1.54) is 4.57 Å². The van der Waals surface area contributed by atoms with Crippen LogP contribution in [0, 0.1) is 11.2 Å². The fraction of sp³-hybridized carbons (Fsp3) is 0.556. The van der Waals surface area contributed by atoms with Gasteiger partial charge in [-0.05, 0) is 6.07 Å². The molecule has 2 fully saturated rings. The van der Waals surface area contributed by atoms with Crippen molar-refractivity contribution < 1.29 is 47.8 Å². The van der Waals surface area contributed by atoms with E-state index in [1.54, 1.807) is 0 Å². The average Bonchev–Trinajstić information content (AvgIpc) is 3.38. The van der Waals surface area contributed by atoms with Crippen molar-refractivity contribution in [3.8, 4) is 6.01 Å². The Labute approximate surface area is 193 Å². The molecule has 14 nitrogen and oxygen atoms in total. The Balaban J connectivity index is 0.000000165. The first-order chi connectivity index (χ1) is 16.5. The summed E-state index contributed by atoms with van der Waals surface area (Å²) in [6.45, 7) is -1.13. The minimum Gasteiger partial charge on any atom is -0.454 e. The van der Waals surface area contributed by atoms with Crippen LogP contribution >= 0.6 is 0 Å². The zero-order chi connectivity index (χ0) is 25.7. The predicted octanol–water partition coefficient (Wildman–Crippen LogP) is -2.78. The lowest BCUT2D eigenvalue weighted by Gasteiger charge is -2.20. The highest BCUT2D eigenvalue weighted by Crippen LogP contribution is 2.42. The summed E-state index contributed by atoms with van der Waals surface area (Å²) < 4.78 is 57.8. The molecule has 0 unspecified atom stereocenters. The maximum Gasteiger partial charge on any atom is 0.351 e. The molecule has 0 radical (unpaired) electrons. The first-order valence-electron chi connectivity index (χ1n) is 10.1. The number of ether oxygens (including phenoxy) is 3. The van der Waals surface area contributed by atoms with E-state index in [1.807, 2.05) is 0 Å². The van der Waals surface area contributed by atoms with Crippen LogP contribution in [0.2, 0.25) is 0 Å². The van der Waals surface area contributed by atoms with Crippen LogP contribution in [0.25, 0.3) is 0 Å². The van der Waals surface area contributed by atoms with E-state index in [2.05, 4.69) is 9.97 Å². The second-order valence-corrected chi connectivity index (χ2v) is 7.82. The molecule has 0 aliphatic carbocycles. The van der Waals surface area contributed by atoms with Gasteiger partial charge in [0.25, 0.3) is 0 Å². The van der Waals surface area contributed by atoms with Gasteiger partial charge in [-0.2, -0.15) is 18.7 Å². The van der Waals surface area contributed by atoms with Crippen molar-refractivity contribution in [3.63, 3.8) is 0 Å². The molecule has 2 aromatic rings. The van der Waals surface area contributed by atoms with Gasteiger partial charge in [-0.15, -0.1) is 0 Å². The van der Waals surface area contributed by atoms with E-state index in [0.717, 1.165) is 18.5 Å². The first-order valence-corrected chi connectivity index (χ1v) is 10.1. The summed E-state index contributed by atoms with van der Waals surface area (Å²) in [7, 11) is 0. The number of anilines is 1. The molecule has 7 N–H and O–H groups in total. The molecular weight excluding hydrogens is 485 g/mol. The number of nitrogens with two attached hydrogens (primary N) is 1. The molecule has 7 atom stereocenters. The lowest BCUT2D eigenvalue weighted by molar-refractivity contribution is -0.140. The molecule has 3 aliphatic heterocycles. The average molecular weight is 506 g/mol. The molecule has 0 bridgehead atoms. The van der Waals surface area contributed by atoms with Crippen LogP contribution in [0.5, 0.6) is 6.01 Å². The number of aliphatic hydroxyl groups is 4. The van der Waals surface area contributed by atoms with Gasteiger partial charge in [-0.1, -0.05) is 0 Å². The number of fused-ring (bicyclic) bond motifs is 3. The summed E-state index contributed by atoms with van der Waals surface area (Å²) in [6.07, 6.45) is -6.87. The zero-order valence-electron chi connectivity index (χ0n) is 17.6. The van der Waals surface area contributed by atoms with Gasteiger partial charge in [-0.3, -0.25) is 14.5 Å². The smallest absolute Gasteiger partial charge is 0.351 e. The van der Waals surface area contributed by atoms with E-state index < -0.39 is 72.5 Å². The monoisotopic (exact) mass is 506 g/mol. The molecule has 2 aromatic heterocycles. The Morgan fingerprint density at radius 3 is 2.43 bits per heavy atom. The van der Waals surface area contributed by atoms with E-state index in [4.69, 9.17) is 35.6 Å². The van der Waals surface area contributed by atoms with Crippen LogP contribution < -0.4 is 21.6 Å². The highest BCUT2D eigenvalue weighted by Gasteiger charge is 2.59. The van der Waals surface area contributed by atoms with Gasteiger partial charge in [-0.25, -0.2) is 9.18 Å². The largest absolute Gasteiger partial charge is 0.454 e. The van der Waals surface area contributed by atoms with Crippen LogP contribution in [0.15, 0.2) is 23.3 Å². The van der Waals surface area contributed by atoms with Crippen molar-refractivity contribution in [2.24, 2.45) is 0 Å². The summed E-state index contributed by atoms with van der Waals surface area (Å²) in [4.78, 5) is 18.3.